The highest BCUT2D eigenvalue weighted by Gasteiger charge is 2.05. The van der Waals surface area contributed by atoms with Crippen molar-refractivity contribution >= 4 is 33.2 Å². The average Bonchev–Trinajstić information content (AvgIpc) is 2.74. The molecule has 0 fully saturated rings. The molecule has 1 aromatic heterocycles. The van der Waals surface area contributed by atoms with Crippen molar-refractivity contribution < 1.29 is 4.79 Å². The van der Waals surface area contributed by atoms with Crippen LogP contribution in [0.1, 0.15) is 10.4 Å². The molecule has 0 aliphatic heterocycles. The van der Waals surface area contributed by atoms with Gasteiger partial charge in [-0.05, 0) is 32.9 Å². The number of hydrogen-bond donors (Lipinski definition) is 1. The Balaban J connectivity index is 1.84. The molecule has 0 bridgehead atoms. The summed E-state index contributed by atoms with van der Waals surface area (Å²) in [6.45, 7) is 0.587. The van der Waals surface area contributed by atoms with E-state index in [1.807, 2.05) is 41.8 Å². The lowest BCUT2D eigenvalue weighted by Crippen LogP contribution is -2.24. The quantitative estimate of drug-likeness (QED) is 0.922. The van der Waals surface area contributed by atoms with Crippen LogP contribution in [0.25, 0.3) is 0 Å². The summed E-state index contributed by atoms with van der Waals surface area (Å²) in [6, 6.07) is 11.7. The molecule has 1 N–H and O–H groups in total. The van der Waals surface area contributed by atoms with Gasteiger partial charge < -0.3 is 5.32 Å². The van der Waals surface area contributed by atoms with Crippen LogP contribution in [0.5, 0.6) is 0 Å². The highest BCUT2D eigenvalue weighted by Crippen LogP contribution is 2.22. The lowest BCUT2D eigenvalue weighted by atomic mass is 10.1. The van der Waals surface area contributed by atoms with E-state index >= 15 is 0 Å². The number of thiophene rings is 1. The second kappa shape index (κ2) is 5.98. The number of carbonyl (C=O) groups is 1. The molecule has 2 aromatic rings. The topological polar surface area (TPSA) is 29.1 Å². The van der Waals surface area contributed by atoms with Gasteiger partial charge in [0.1, 0.15) is 0 Å². The van der Waals surface area contributed by atoms with Crippen LogP contribution in [0.4, 0.5) is 0 Å². The number of carbonyl (C=O) groups excluding carboxylic acids is 1. The van der Waals surface area contributed by atoms with Gasteiger partial charge in [0.2, 0.25) is 5.91 Å². The normalized spacial score (nSPS) is 10.2. The Kier molecular flexibility index (Phi) is 4.34. The van der Waals surface area contributed by atoms with Crippen LogP contribution in [0, 0.1) is 0 Å². The fourth-order valence-electron chi connectivity index (χ4n) is 1.47. The minimum atomic E-state index is 0.0523. The van der Waals surface area contributed by atoms with Gasteiger partial charge >= 0.3 is 0 Å². The number of rotatable bonds is 4. The van der Waals surface area contributed by atoms with Crippen molar-refractivity contribution in [2.75, 3.05) is 0 Å². The maximum Gasteiger partial charge on any atom is 0.224 e. The molecule has 4 heteroatoms. The molecule has 88 valence electrons. The molecular formula is C13H12BrNOS. The summed E-state index contributed by atoms with van der Waals surface area (Å²) < 4.78 is 1.06. The molecule has 1 amide bonds. The van der Waals surface area contributed by atoms with E-state index < -0.39 is 0 Å². The van der Waals surface area contributed by atoms with Gasteiger partial charge in [0, 0.05) is 9.35 Å². The highest BCUT2D eigenvalue weighted by atomic mass is 79.9. The monoisotopic (exact) mass is 309 g/mol. The molecule has 0 saturated heterocycles. The first-order valence-corrected chi connectivity index (χ1v) is 6.95. The summed E-state index contributed by atoms with van der Waals surface area (Å²) in [5, 5.41) is 4.92. The highest BCUT2D eigenvalue weighted by molar-refractivity contribution is 9.10. The van der Waals surface area contributed by atoms with Crippen LogP contribution in [0.2, 0.25) is 0 Å². The maximum absolute atomic E-state index is 11.7. The van der Waals surface area contributed by atoms with Crippen molar-refractivity contribution in [3.05, 3.63) is 56.7 Å². The Morgan fingerprint density at radius 1 is 1.24 bits per heavy atom. The zero-order valence-electron chi connectivity index (χ0n) is 9.15. The summed E-state index contributed by atoms with van der Waals surface area (Å²) in [4.78, 5) is 12.8. The lowest BCUT2D eigenvalue weighted by molar-refractivity contribution is -0.120. The van der Waals surface area contributed by atoms with E-state index in [1.165, 1.54) is 0 Å². The van der Waals surface area contributed by atoms with Crippen LogP contribution in [0.15, 0.2) is 46.3 Å². The molecule has 2 nitrogen and oxygen atoms in total. The van der Waals surface area contributed by atoms with Crippen molar-refractivity contribution in [1.82, 2.24) is 5.32 Å². The zero-order chi connectivity index (χ0) is 12.1. The first-order chi connectivity index (χ1) is 8.25. The van der Waals surface area contributed by atoms with E-state index in [9.17, 15) is 4.79 Å². The maximum atomic E-state index is 11.7. The van der Waals surface area contributed by atoms with Gasteiger partial charge in [-0.25, -0.2) is 0 Å². The van der Waals surface area contributed by atoms with Gasteiger partial charge in [-0.15, -0.1) is 11.3 Å². The Morgan fingerprint density at radius 2 is 2.00 bits per heavy atom. The molecular weight excluding hydrogens is 298 g/mol. The fraction of sp³-hybridized carbons (Fsp3) is 0.154. The molecule has 0 unspecified atom stereocenters. The minimum absolute atomic E-state index is 0.0523. The van der Waals surface area contributed by atoms with E-state index in [0.717, 1.165) is 14.9 Å². The van der Waals surface area contributed by atoms with Crippen LogP contribution < -0.4 is 5.32 Å². The summed E-state index contributed by atoms with van der Waals surface area (Å²) in [6.07, 6.45) is 0.434. The van der Waals surface area contributed by atoms with E-state index in [0.29, 0.717) is 13.0 Å². The number of benzene rings is 1. The molecule has 1 aromatic carbocycles. The first-order valence-electron chi connectivity index (χ1n) is 5.28. The van der Waals surface area contributed by atoms with Crippen LogP contribution in [-0.4, -0.2) is 5.91 Å². The predicted octanol–water partition coefficient (Wildman–Crippen LogP) is 3.37. The standard InChI is InChI=1S/C13H12BrNOS/c14-11-6-7-17-12(11)9-15-13(16)8-10-4-2-1-3-5-10/h1-7H,8-9H2,(H,15,16). The summed E-state index contributed by atoms with van der Waals surface area (Å²) in [5.74, 6) is 0.0523. The Morgan fingerprint density at radius 3 is 2.65 bits per heavy atom. The molecule has 2 rings (SSSR count). The summed E-state index contributed by atoms with van der Waals surface area (Å²) in [7, 11) is 0. The van der Waals surface area contributed by atoms with Gasteiger partial charge in [0.25, 0.3) is 0 Å². The van der Waals surface area contributed by atoms with E-state index in [1.54, 1.807) is 11.3 Å². The second-order valence-electron chi connectivity index (χ2n) is 3.63. The fourth-order valence-corrected chi connectivity index (χ4v) is 2.91. The second-order valence-corrected chi connectivity index (χ2v) is 5.49. The third-order valence-corrected chi connectivity index (χ3v) is 4.27. The van der Waals surface area contributed by atoms with E-state index in [-0.39, 0.29) is 5.91 Å². The predicted molar refractivity (Wildman–Crippen MR) is 74.0 cm³/mol. The van der Waals surface area contributed by atoms with Crippen molar-refractivity contribution in [2.45, 2.75) is 13.0 Å². The molecule has 1 heterocycles. The van der Waals surface area contributed by atoms with E-state index in [2.05, 4.69) is 21.2 Å². The van der Waals surface area contributed by atoms with Crippen LogP contribution in [0.3, 0.4) is 0 Å². The van der Waals surface area contributed by atoms with Crippen molar-refractivity contribution in [3.63, 3.8) is 0 Å². The smallest absolute Gasteiger partial charge is 0.224 e. The molecule has 0 aliphatic rings. The number of amides is 1. The number of halogens is 1. The molecule has 0 radical (unpaired) electrons. The molecule has 0 saturated carbocycles. The van der Waals surface area contributed by atoms with Gasteiger partial charge in [0.05, 0.1) is 13.0 Å². The van der Waals surface area contributed by atoms with Crippen molar-refractivity contribution in [1.29, 1.82) is 0 Å². The SMILES string of the molecule is O=C(Cc1ccccc1)NCc1sccc1Br. The zero-order valence-corrected chi connectivity index (χ0v) is 11.6. The summed E-state index contributed by atoms with van der Waals surface area (Å²) in [5.41, 5.74) is 1.04. The van der Waals surface area contributed by atoms with Crippen molar-refractivity contribution in [3.8, 4) is 0 Å². The molecule has 0 aliphatic carbocycles. The Hall–Kier alpha value is -1.13. The van der Waals surface area contributed by atoms with Crippen LogP contribution in [-0.2, 0) is 17.8 Å². The largest absolute Gasteiger partial charge is 0.351 e. The molecule has 17 heavy (non-hydrogen) atoms. The average molecular weight is 310 g/mol. The third-order valence-electron chi connectivity index (χ3n) is 2.34. The molecule has 0 spiro atoms. The number of nitrogens with one attached hydrogen (secondary N) is 1. The van der Waals surface area contributed by atoms with Gasteiger partial charge in [-0.2, -0.15) is 0 Å². The van der Waals surface area contributed by atoms with Crippen LogP contribution >= 0.6 is 27.3 Å². The first kappa shape index (κ1) is 12.3. The Bertz CT molecular complexity index is 495. The minimum Gasteiger partial charge on any atom is -0.351 e. The van der Waals surface area contributed by atoms with Gasteiger partial charge in [-0.3, -0.25) is 4.79 Å². The van der Waals surface area contributed by atoms with Gasteiger partial charge in [0.15, 0.2) is 0 Å². The van der Waals surface area contributed by atoms with E-state index in [4.69, 9.17) is 0 Å². The third kappa shape index (κ3) is 3.68. The van der Waals surface area contributed by atoms with Gasteiger partial charge in [-0.1, -0.05) is 30.3 Å². The van der Waals surface area contributed by atoms with Crippen molar-refractivity contribution in [2.24, 2.45) is 0 Å². The Labute approximate surface area is 113 Å². The molecule has 0 atom stereocenters. The summed E-state index contributed by atoms with van der Waals surface area (Å²) >= 11 is 5.08. The lowest BCUT2D eigenvalue weighted by Gasteiger charge is -2.04. The number of hydrogen-bond acceptors (Lipinski definition) is 2.